The lowest BCUT2D eigenvalue weighted by Crippen LogP contribution is -2.15. The normalized spacial score (nSPS) is 11.9. The summed E-state index contributed by atoms with van der Waals surface area (Å²) in [5.74, 6) is -0.124. The minimum absolute atomic E-state index is 0.0492. The standard InChI is InChI=1S/C26H19BrN4O5S2/c27-23-21(16-5-2-1-3-6-16)13-14-22-25(23)30-24(17-7-4-8-20(15-17)38(34,35)36)26(29-22)31-37(32,33)19-11-9-18(28)10-12-19/h1-15H,28H2,(H,29,31)(H,34,35,36). The molecule has 38 heavy (non-hydrogen) atoms. The molecule has 0 saturated carbocycles. The van der Waals surface area contributed by atoms with Crippen LogP contribution < -0.4 is 10.5 Å². The quantitative estimate of drug-likeness (QED) is 0.172. The van der Waals surface area contributed by atoms with Gasteiger partial charge >= 0.3 is 0 Å². The summed E-state index contributed by atoms with van der Waals surface area (Å²) in [5.41, 5.74) is 8.95. The number of nitrogens with one attached hydrogen (secondary N) is 1. The van der Waals surface area contributed by atoms with E-state index >= 15 is 0 Å². The molecule has 0 aliphatic heterocycles. The number of sulfonamides is 1. The lowest BCUT2D eigenvalue weighted by Gasteiger charge is -2.15. The van der Waals surface area contributed by atoms with E-state index in [0.717, 1.165) is 11.1 Å². The first-order chi connectivity index (χ1) is 18.0. The van der Waals surface area contributed by atoms with Gasteiger partial charge in [-0.15, -0.1) is 0 Å². The van der Waals surface area contributed by atoms with Gasteiger partial charge in [0.15, 0.2) is 5.82 Å². The third-order valence-corrected chi connectivity index (χ3v) is 8.69. The van der Waals surface area contributed by atoms with Crippen molar-refractivity contribution in [3.63, 3.8) is 0 Å². The lowest BCUT2D eigenvalue weighted by atomic mass is 10.0. The average molecular weight is 611 g/mol. The van der Waals surface area contributed by atoms with Crippen molar-refractivity contribution in [2.75, 3.05) is 10.5 Å². The largest absolute Gasteiger partial charge is 0.399 e. The molecule has 4 aromatic carbocycles. The highest BCUT2D eigenvalue weighted by Crippen LogP contribution is 2.37. The Morgan fingerprint density at radius 1 is 0.763 bits per heavy atom. The SMILES string of the molecule is Nc1ccc(S(=O)(=O)Nc2nc3ccc(-c4ccccc4)c(Br)c3nc2-c2cccc(S(=O)(=O)O)c2)cc1. The van der Waals surface area contributed by atoms with Gasteiger partial charge in [0.25, 0.3) is 20.1 Å². The van der Waals surface area contributed by atoms with Gasteiger partial charge in [0.1, 0.15) is 11.2 Å². The maximum absolute atomic E-state index is 13.2. The topological polar surface area (TPSA) is 152 Å². The average Bonchev–Trinajstić information content (AvgIpc) is 2.89. The molecule has 1 aromatic heterocycles. The van der Waals surface area contributed by atoms with Crippen LogP contribution in [0.4, 0.5) is 11.5 Å². The van der Waals surface area contributed by atoms with E-state index in [-0.39, 0.29) is 26.9 Å². The number of rotatable bonds is 6. The van der Waals surface area contributed by atoms with E-state index in [2.05, 4.69) is 25.6 Å². The fraction of sp³-hybridized carbons (Fsp3) is 0. The van der Waals surface area contributed by atoms with E-state index in [4.69, 9.17) is 10.7 Å². The van der Waals surface area contributed by atoms with Crippen molar-refractivity contribution in [3.05, 3.63) is 95.5 Å². The van der Waals surface area contributed by atoms with Crippen LogP contribution in [0.3, 0.4) is 0 Å². The first kappa shape index (κ1) is 25.8. The zero-order valence-electron chi connectivity index (χ0n) is 19.4. The second kappa shape index (κ2) is 9.80. The van der Waals surface area contributed by atoms with Crippen molar-refractivity contribution in [2.45, 2.75) is 9.79 Å². The molecule has 5 aromatic rings. The van der Waals surface area contributed by atoms with Crippen LogP contribution in [-0.4, -0.2) is 31.4 Å². The maximum atomic E-state index is 13.2. The van der Waals surface area contributed by atoms with Crippen LogP contribution >= 0.6 is 15.9 Å². The van der Waals surface area contributed by atoms with Crippen molar-refractivity contribution in [1.29, 1.82) is 0 Å². The number of halogens is 1. The van der Waals surface area contributed by atoms with Crippen LogP contribution in [-0.2, 0) is 20.1 Å². The molecule has 0 atom stereocenters. The summed E-state index contributed by atoms with van der Waals surface area (Å²) in [6.07, 6.45) is 0. The molecule has 0 bridgehead atoms. The Labute approximate surface area is 227 Å². The van der Waals surface area contributed by atoms with E-state index in [1.165, 1.54) is 42.5 Å². The summed E-state index contributed by atoms with van der Waals surface area (Å²) in [7, 11) is -8.65. The first-order valence-corrected chi connectivity index (χ1v) is 14.8. The molecule has 192 valence electrons. The maximum Gasteiger partial charge on any atom is 0.294 e. The van der Waals surface area contributed by atoms with Gasteiger partial charge < -0.3 is 5.73 Å². The Hall–Kier alpha value is -3.84. The van der Waals surface area contributed by atoms with E-state index in [9.17, 15) is 21.4 Å². The highest BCUT2D eigenvalue weighted by atomic mass is 79.9. The zero-order valence-corrected chi connectivity index (χ0v) is 22.6. The van der Waals surface area contributed by atoms with Crippen LogP contribution in [0.1, 0.15) is 0 Å². The number of nitrogens with two attached hydrogens (primary N) is 1. The number of nitrogens with zero attached hydrogens (tertiary/aromatic N) is 2. The van der Waals surface area contributed by atoms with Crippen molar-refractivity contribution < 1.29 is 21.4 Å². The molecular formula is C26H19BrN4O5S2. The molecule has 0 radical (unpaired) electrons. The van der Waals surface area contributed by atoms with Gasteiger partial charge in [0, 0.05) is 11.3 Å². The van der Waals surface area contributed by atoms with Crippen molar-refractivity contribution in [2.24, 2.45) is 0 Å². The highest BCUT2D eigenvalue weighted by molar-refractivity contribution is 9.10. The van der Waals surface area contributed by atoms with Gasteiger partial charge in [-0.2, -0.15) is 8.42 Å². The van der Waals surface area contributed by atoms with E-state index in [1.807, 2.05) is 36.4 Å². The number of hydrogen-bond acceptors (Lipinski definition) is 7. The minimum atomic E-state index is -4.53. The van der Waals surface area contributed by atoms with Gasteiger partial charge in [-0.05, 0) is 69.5 Å². The Kier molecular flexibility index (Phi) is 6.65. The second-order valence-corrected chi connectivity index (χ2v) is 12.2. The molecule has 9 nitrogen and oxygen atoms in total. The molecule has 0 saturated heterocycles. The number of fused-ring (bicyclic) bond motifs is 1. The zero-order chi connectivity index (χ0) is 27.1. The van der Waals surface area contributed by atoms with Crippen LogP contribution in [0.2, 0.25) is 0 Å². The molecule has 0 spiro atoms. The molecule has 1 heterocycles. The Morgan fingerprint density at radius 2 is 1.45 bits per heavy atom. The highest BCUT2D eigenvalue weighted by Gasteiger charge is 2.22. The molecule has 0 aliphatic carbocycles. The van der Waals surface area contributed by atoms with E-state index in [1.54, 1.807) is 12.1 Å². The van der Waals surface area contributed by atoms with E-state index < -0.39 is 20.1 Å². The molecule has 0 fully saturated rings. The summed E-state index contributed by atoms with van der Waals surface area (Å²) in [5, 5.41) is 0. The smallest absolute Gasteiger partial charge is 0.294 e. The molecule has 4 N–H and O–H groups in total. The monoisotopic (exact) mass is 610 g/mol. The van der Waals surface area contributed by atoms with Crippen molar-refractivity contribution in [1.82, 2.24) is 9.97 Å². The summed E-state index contributed by atoms with van der Waals surface area (Å²) in [6, 6.07) is 24.1. The van der Waals surface area contributed by atoms with Gasteiger partial charge in [-0.1, -0.05) is 48.5 Å². The third-order valence-electron chi connectivity index (χ3n) is 5.69. The number of hydrogen-bond donors (Lipinski definition) is 3. The fourth-order valence-corrected chi connectivity index (χ4v) is 6.03. The Bertz CT molecular complexity index is 1900. The second-order valence-electron chi connectivity index (χ2n) is 8.26. The predicted molar refractivity (Wildman–Crippen MR) is 150 cm³/mol. The lowest BCUT2D eigenvalue weighted by molar-refractivity contribution is 0.483. The van der Waals surface area contributed by atoms with Crippen LogP contribution in [0.5, 0.6) is 0 Å². The number of benzene rings is 4. The predicted octanol–water partition coefficient (Wildman–Crippen LogP) is 5.36. The van der Waals surface area contributed by atoms with Gasteiger partial charge in [-0.25, -0.2) is 18.4 Å². The molecule has 0 amide bonds. The third kappa shape index (κ3) is 5.11. The fourth-order valence-electron chi connectivity index (χ4n) is 3.84. The van der Waals surface area contributed by atoms with Crippen molar-refractivity contribution >= 4 is 58.6 Å². The van der Waals surface area contributed by atoms with Crippen LogP contribution in [0.25, 0.3) is 33.4 Å². The molecule has 0 aliphatic rings. The van der Waals surface area contributed by atoms with E-state index in [0.29, 0.717) is 21.2 Å². The summed E-state index contributed by atoms with van der Waals surface area (Å²) in [6.45, 7) is 0. The number of anilines is 2. The van der Waals surface area contributed by atoms with Crippen molar-refractivity contribution in [3.8, 4) is 22.4 Å². The van der Waals surface area contributed by atoms with Crippen LogP contribution in [0, 0.1) is 0 Å². The molecule has 5 rings (SSSR count). The summed E-state index contributed by atoms with van der Waals surface area (Å²) < 4.78 is 62.7. The molecular weight excluding hydrogens is 592 g/mol. The number of nitrogen functional groups attached to an aromatic ring is 1. The Balaban J connectivity index is 1.74. The minimum Gasteiger partial charge on any atom is -0.399 e. The Morgan fingerprint density at radius 3 is 2.13 bits per heavy atom. The van der Waals surface area contributed by atoms with Gasteiger partial charge in [0.05, 0.1) is 19.8 Å². The number of aromatic nitrogens is 2. The molecule has 0 unspecified atom stereocenters. The first-order valence-electron chi connectivity index (χ1n) is 11.0. The molecule has 12 heteroatoms. The summed E-state index contributed by atoms with van der Waals surface area (Å²) >= 11 is 3.61. The van der Waals surface area contributed by atoms with Gasteiger partial charge in [0.2, 0.25) is 0 Å². The van der Waals surface area contributed by atoms with Gasteiger partial charge in [-0.3, -0.25) is 9.27 Å². The van der Waals surface area contributed by atoms with Crippen LogP contribution in [0.15, 0.2) is 105 Å². The summed E-state index contributed by atoms with van der Waals surface area (Å²) in [4.78, 5) is 8.84.